The van der Waals surface area contributed by atoms with Crippen molar-refractivity contribution in [3.8, 4) is 6.07 Å². The topological polar surface area (TPSA) is 70.6 Å². The van der Waals surface area contributed by atoms with Crippen LogP contribution in [-0.4, -0.2) is 32.8 Å². The average Bonchev–Trinajstić information content (AvgIpc) is 3.17. The zero-order chi connectivity index (χ0) is 14.4. The molecule has 0 aromatic carbocycles. The van der Waals surface area contributed by atoms with E-state index in [-0.39, 0.29) is 0 Å². The second-order valence-electron chi connectivity index (χ2n) is 5.88. The number of aryl methyl sites for hydroxylation is 1. The van der Waals surface area contributed by atoms with E-state index in [4.69, 9.17) is 10.2 Å². The van der Waals surface area contributed by atoms with Gasteiger partial charge in [-0.3, -0.25) is 4.68 Å². The lowest BCUT2D eigenvalue weighted by Gasteiger charge is -2.40. The smallest absolute Gasteiger partial charge is 0.134 e. The lowest BCUT2D eigenvalue weighted by Crippen LogP contribution is -2.48. The van der Waals surface area contributed by atoms with Crippen molar-refractivity contribution in [1.82, 2.24) is 19.7 Å². The molecule has 2 fully saturated rings. The molecule has 106 valence electrons. The Bertz CT molecular complexity index is 718. The van der Waals surface area contributed by atoms with Gasteiger partial charge in [0.25, 0.3) is 0 Å². The first-order valence-corrected chi connectivity index (χ1v) is 7.28. The predicted molar refractivity (Wildman–Crippen MR) is 76.9 cm³/mol. The Labute approximate surface area is 123 Å². The van der Waals surface area contributed by atoms with Crippen molar-refractivity contribution in [2.45, 2.75) is 31.7 Å². The van der Waals surface area contributed by atoms with Crippen LogP contribution >= 0.6 is 0 Å². The van der Waals surface area contributed by atoms with Gasteiger partial charge in [0.2, 0.25) is 0 Å². The molecule has 4 rings (SSSR count). The first kappa shape index (κ1) is 12.3. The molecule has 6 heteroatoms. The van der Waals surface area contributed by atoms with Crippen molar-refractivity contribution >= 4 is 5.82 Å². The first-order valence-electron chi connectivity index (χ1n) is 7.28. The maximum atomic E-state index is 8.84. The van der Waals surface area contributed by atoms with E-state index in [1.165, 1.54) is 12.8 Å². The van der Waals surface area contributed by atoms with E-state index in [0.717, 1.165) is 30.4 Å². The van der Waals surface area contributed by atoms with Crippen molar-refractivity contribution in [1.29, 1.82) is 5.26 Å². The second kappa shape index (κ2) is 4.55. The Hall–Kier alpha value is -2.42. The number of aromatic nitrogens is 4. The molecule has 3 heterocycles. The van der Waals surface area contributed by atoms with Crippen LogP contribution in [0.2, 0.25) is 0 Å². The van der Waals surface area contributed by atoms with Gasteiger partial charge in [-0.2, -0.15) is 10.4 Å². The first-order chi connectivity index (χ1) is 10.2. The van der Waals surface area contributed by atoms with E-state index in [1.54, 1.807) is 6.20 Å². The minimum Gasteiger partial charge on any atom is -0.352 e. The summed E-state index contributed by atoms with van der Waals surface area (Å²) in [7, 11) is 0. The van der Waals surface area contributed by atoms with Gasteiger partial charge >= 0.3 is 0 Å². The zero-order valence-electron chi connectivity index (χ0n) is 11.9. The Morgan fingerprint density at radius 3 is 2.76 bits per heavy atom. The molecule has 0 radical (unpaired) electrons. The third-order valence-corrected chi connectivity index (χ3v) is 4.09. The highest BCUT2D eigenvalue weighted by Crippen LogP contribution is 2.39. The molecule has 0 N–H and O–H groups in total. The van der Waals surface area contributed by atoms with Crippen LogP contribution in [0.15, 0.2) is 18.5 Å². The van der Waals surface area contributed by atoms with Gasteiger partial charge in [0, 0.05) is 37.0 Å². The fraction of sp³-hybridized carbons (Fsp3) is 0.467. The summed E-state index contributed by atoms with van der Waals surface area (Å²) in [6.07, 6.45) is 5.86. The summed E-state index contributed by atoms with van der Waals surface area (Å²) in [4.78, 5) is 11.5. The molecule has 0 spiro atoms. The van der Waals surface area contributed by atoms with E-state index in [0.29, 0.717) is 17.5 Å². The second-order valence-corrected chi connectivity index (χ2v) is 5.88. The molecule has 21 heavy (non-hydrogen) atoms. The van der Waals surface area contributed by atoms with Crippen molar-refractivity contribution in [3.05, 3.63) is 35.5 Å². The molecular weight excluding hydrogens is 264 g/mol. The van der Waals surface area contributed by atoms with Crippen molar-refractivity contribution in [2.75, 3.05) is 18.0 Å². The fourth-order valence-electron chi connectivity index (χ4n) is 2.67. The highest BCUT2D eigenvalue weighted by Gasteiger charge is 2.32. The van der Waals surface area contributed by atoms with Crippen LogP contribution in [-0.2, 0) is 0 Å². The van der Waals surface area contributed by atoms with E-state index in [2.05, 4.69) is 21.1 Å². The number of hydrogen-bond donors (Lipinski definition) is 0. The van der Waals surface area contributed by atoms with Crippen LogP contribution in [0.25, 0.3) is 0 Å². The summed E-state index contributed by atoms with van der Waals surface area (Å²) in [6.45, 7) is 3.79. The lowest BCUT2D eigenvalue weighted by atomic mass is 10.1. The van der Waals surface area contributed by atoms with E-state index in [1.807, 2.05) is 23.9 Å². The van der Waals surface area contributed by atoms with Gasteiger partial charge < -0.3 is 4.90 Å². The molecule has 1 saturated heterocycles. The monoisotopic (exact) mass is 280 g/mol. The summed E-state index contributed by atoms with van der Waals surface area (Å²) in [5.74, 6) is 2.60. The molecule has 1 aliphatic heterocycles. The third kappa shape index (κ3) is 2.25. The van der Waals surface area contributed by atoms with E-state index < -0.39 is 0 Å². The van der Waals surface area contributed by atoms with Gasteiger partial charge in [-0.05, 0) is 19.8 Å². The maximum absolute atomic E-state index is 8.84. The number of anilines is 1. The predicted octanol–water partition coefficient (Wildman–Crippen LogP) is 1.79. The van der Waals surface area contributed by atoms with E-state index >= 15 is 0 Å². The number of nitriles is 1. The third-order valence-electron chi connectivity index (χ3n) is 4.09. The molecular formula is C15H16N6. The molecule has 1 aliphatic carbocycles. The molecule has 2 aromatic heterocycles. The Morgan fingerprint density at radius 2 is 2.10 bits per heavy atom. The summed E-state index contributed by atoms with van der Waals surface area (Å²) in [5, 5.41) is 13.1. The molecule has 0 atom stereocenters. The lowest BCUT2D eigenvalue weighted by molar-refractivity contribution is 0.365. The Kier molecular flexibility index (Phi) is 2.67. The van der Waals surface area contributed by atoms with Gasteiger partial charge in [-0.1, -0.05) is 0 Å². The van der Waals surface area contributed by atoms with Crippen LogP contribution < -0.4 is 4.90 Å². The molecule has 6 nitrogen and oxygen atoms in total. The molecule has 1 saturated carbocycles. The standard InChI is InChI=1S/C15H16N6/c1-10-4-14(19-15(18-10)12-2-3-12)20-8-13(9-20)21-7-11(5-16)6-17-21/h4,6-7,12-13H,2-3,8-9H2,1H3. The highest BCUT2D eigenvalue weighted by atomic mass is 15.4. The van der Waals surface area contributed by atoms with Crippen molar-refractivity contribution in [2.24, 2.45) is 0 Å². The largest absolute Gasteiger partial charge is 0.352 e. The van der Waals surface area contributed by atoms with Gasteiger partial charge in [0.1, 0.15) is 17.7 Å². The summed E-state index contributed by atoms with van der Waals surface area (Å²) in [5.41, 5.74) is 1.65. The van der Waals surface area contributed by atoms with Gasteiger partial charge in [0.05, 0.1) is 17.8 Å². The average molecular weight is 280 g/mol. The fourth-order valence-corrected chi connectivity index (χ4v) is 2.67. The summed E-state index contributed by atoms with van der Waals surface area (Å²) in [6, 6.07) is 4.48. The zero-order valence-corrected chi connectivity index (χ0v) is 11.9. The van der Waals surface area contributed by atoms with Crippen molar-refractivity contribution < 1.29 is 0 Å². The summed E-state index contributed by atoms with van der Waals surface area (Å²) >= 11 is 0. The van der Waals surface area contributed by atoms with Crippen molar-refractivity contribution in [3.63, 3.8) is 0 Å². The molecule has 0 bridgehead atoms. The van der Waals surface area contributed by atoms with Crippen LogP contribution in [0.4, 0.5) is 5.82 Å². The Morgan fingerprint density at radius 1 is 1.29 bits per heavy atom. The maximum Gasteiger partial charge on any atom is 0.134 e. The van der Waals surface area contributed by atoms with Crippen LogP contribution in [0.5, 0.6) is 0 Å². The van der Waals surface area contributed by atoms with Gasteiger partial charge in [0.15, 0.2) is 0 Å². The minimum absolute atomic E-state index is 0.326. The van der Waals surface area contributed by atoms with Crippen LogP contribution in [0.1, 0.15) is 41.9 Å². The normalized spacial score (nSPS) is 18.4. The molecule has 2 aromatic rings. The Balaban J connectivity index is 1.49. The van der Waals surface area contributed by atoms with Crippen LogP contribution in [0, 0.1) is 18.3 Å². The number of rotatable bonds is 3. The number of nitrogens with zero attached hydrogens (tertiary/aromatic N) is 6. The minimum atomic E-state index is 0.326. The SMILES string of the molecule is Cc1cc(N2CC(n3cc(C#N)cn3)C2)nc(C2CC2)n1. The van der Waals surface area contributed by atoms with E-state index in [9.17, 15) is 0 Å². The van der Waals surface area contributed by atoms with Gasteiger partial charge in [-0.25, -0.2) is 9.97 Å². The molecule has 0 unspecified atom stereocenters. The molecule has 0 amide bonds. The quantitative estimate of drug-likeness (QED) is 0.857. The molecule has 2 aliphatic rings. The van der Waals surface area contributed by atoms with Gasteiger partial charge in [-0.15, -0.1) is 0 Å². The highest BCUT2D eigenvalue weighted by molar-refractivity contribution is 5.44. The van der Waals surface area contributed by atoms with Crippen LogP contribution in [0.3, 0.4) is 0 Å². The number of hydrogen-bond acceptors (Lipinski definition) is 5. The summed E-state index contributed by atoms with van der Waals surface area (Å²) < 4.78 is 1.88.